The highest BCUT2D eigenvalue weighted by molar-refractivity contribution is 5.73. The average molecular weight is 195 g/mol. The minimum atomic E-state index is -0.702. The fourth-order valence-corrected chi connectivity index (χ4v) is 2.01. The van der Waals surface area contributed by atoms with Gasteiger partial charge in [-0.3, -0.25) is 0 Å². The van der Waals surface area contributed by atoms with E-state index in [0.717, 1.165) is 38.5 Å². The molecule has 4 nitrogen and oxygen atoms in total. The topological polar surface area (TPSA) is 78.9 Å². The first-order chi connectivity index (χ1) is 6.68. The van der Waals surface area contributed by atoms with E-state index in [4.69, 9.17) is 11.0 Å². The molecule has 1 aliphatic rings. The molecule has 78 valence electrons. The van der Waals surface area contributed by atoms with E-state index in [1.165, 1.54) is 6.42 Å². The van der Waals surface area contributed by atoms with Crippen molar-refractivity contribution in [1.82, 2.24) is 5.32 Å². The molecule has 0 heterocycles. The molecule has 0 atom stereocenters. The molecule has 1 fully saturated rings. The number of rotatable bonds is 1. The van der Waals surface area contributed by atoms with Gasteiger partial charge in [0.15, 0.2) is 0 Å². The number of hydrogen-bond acceptors (Lipinski definition) is 2. The Bertz CT molecular complexity index is 236. The van der Waals surface area contributed by atoms with Crippen LogP contribution in [0, 0.1) is 11.3 Å². The van der Waals surface area contributed by atoms with E-state index in [-0.39, 0.29) is 0 Å². The van der Waals surface area contributed by atoms with E-state index < -0.39 is 11.6 Å². The Balaban J connectivity index is 2.63. The lowest BCUT2D eigenvalue weighted by Gasteiger charge is -2.28. The zero-order valence-corrected chi connectivity index (χ0v) is 8.38. The number of hydrogen-bond donors (Lipinski definition) is 2. The largest absolute Gasteiger partial charge is 0.352 e. The normalized spacial score (nSPS) is 21.4. The van der Waals surface area contributed by atoms with Crippen molar-refractivity contribution in [3.8, 4) is 6.07 Å². The third kappa shape index (κ3) is 2.91. The van der Waals surface area contributed by atoms with Gasteiger partial charge in [0.25, 0.3) is 0 Å². The van der Waals surface area contributed by atoms with E-state index >= 15 is 0 Å². The number of nitrogens with one attached hydrogen (secondary N) is 1. The Morgan fingerprint density at radius 2 is 1.71 bits per heavy atom. The van der Waals surface area contributed by atoms with Crippen LogP contribution in [0.15, 0.2) is 0 Å². The highest BCUT2D eigenvalue weighted by Crippen LogP contribution is 2.25. The SMILES string of the molecule is N#CC1(NC(N)=O)CCCCCCC1. The summed E-state index contributed by atoms with van der Waals surface area (Å²) in [6.07, 6.45) is 6.96. The second-order valence-corrected chi connectivity index (χ2v) is 3.95. The first-order valence-corrected chi connectivity index (χ1v) is 5.17. The van der Waals surface area contributed by atoms with Crippen LogP contribution in [0.5, 0.6) is 0 Å². The van der Waals surface area contributed by atoms with Gasteiger partial charge >= 0.3 is 6.03 Å². The van der Waals surface area contributed by atoms with Crippen molar-refractivity contribution in [3.05, 3.63) is 0 Å². The van der Waals surface area contributed by atoms with Crippen molar-refractivity contribution < 1.29 is 4.79 Å². The van der Waals surface area contributed by atoms with Gasteiger partial charge in [0, 0.05) is 0 Å². The van der Waals surface area contributed by atoms with Crippen LogP contribution < -0.4 is 11.1 Å². The van der Waals surface area contributed by atoms with E-state index in [0.29, 0.717) is 0 Å². The molecule has 0 aromatic rings. The molecule has 0 aromatic carbocycles. The summed E-state index contributed by atoms with van der Waals surface area (Å²) < 4.78 is 0. The number of urea groups is 1. The van der Waals surface area contributed by atoms with Gasteiger partial charge in [-0.2, -0.15) is 5.26 Å². The highest BCUT2D eigenvalue weighted by Gasteiger charge is 2.30. The quantitative estimate of drug-likeness (QED) is 0.667. The fourth-order valence-electron chi connectivity index (χ4n) is 2.01. The van der Waals surface area contributed by atoms with Gasteiger partial charge in [0.05, 0.1) is 6.07 Å². The lowest BCUT2D eigenvalue weighted by molar-refractivity contribution is 0.233. The van der Waals surface area contributed by atoms with E-state index in [9.17, 15) is 4.79 Å². The van der Waals surface area contributed by atoms with Gasteiger partial charge < -0.3 is 11.1 Å². The smallest absolute Gasteiger partial charge is 0.313 e. The standard InChI is InChI=1S/C10H17N3O/c11-8-10(13-9(12)14)6-4-2-1-3-5-7-10/h1-7H2,(H3,12,13,14). The lowest BCUT2D eigenvalue weighted by Crippen LogP contribution is -2.49. The van der Waals surface area contributed by atoms with Crippen molar-refractivity contribution in [2.75, 3.05) is 0 Å². The van der Waals surface area contributed by atoms with Gasteiger partial charge in [-0.25, -0.2) is 4.79 Å². The highest BCUT2D eigenvalue weighted by atomic mass is 16.2. The maximum Gasteiger partial charge on any atom is 0.313 e. The van der Waals surface area contributed by atoms with Gasteiger partial charge in [0.2, 0.25) is 0 Å². The van der Waals surface area contributed by atoms with E-state index in [1.54, 1.807) is 0 Å². The van der Waals surface area contributed by atoms with Crippen LogP contribution in [0.2, 0.25) is 0 Å². The van der Waals surface area contributed by atoms with Gasteiger partial charge in [-0.05, 0) is 12.8 Å². The Hall–Kier alpha value is -1.24. The minimum absolute atomic E-state index is 0.591. The number of carbonyl (C=O) groups excluding carboxylic acids is 1. The van der Waals surface area contributed by atoms with Crippen LogP contribution in [0.1, 0.15) is 44.9 Å². The second kappa shape index (κ2) is 4.85. The zero-order valence-electron chi connectivity index (χ0n) is 8.38. The molecule has 1 saturated carbocycles. The molecule has 14 heavy (non-hydrogen) atoms. The number of carbonyl (C=O) groups is 1. The van der Waals surface area contributed by atoms with Crippen molar-refractivity contribution in [1.29, 1.82) is 5.26 Å². The van der Waals surface area contributed by atoms with Gasteiger partial charge in [0.1, 0.15) is 5.54 Å². The Morgan fingerprint density at radius 1 is 1.21 bits per heavy atom. The fraction of sp³-hybridized carbons (Fsp3) is 0.800. The molecule has 1 rings (SSSR count). The molecule has 0 radical (unpaired) electrons. The molecular weight excluding hydrogens is 178 g/mol. The molecule has 0 aromatic heterocycles. The van der Waals surface area contributed by atoms with Gasteiger partial charge in [-0.1, -0.05) is 32.1 Å². The Labute approximate surface area is 84.5 Å². The molecule has 2 amide bonds. The van der Waals surface area contributed by atoms with Crippen LogP contribution in [-0.2, 0) is 0 Å². The second-order valence-electron chi connectivity index (χ2n) is 3.95. The molecule has 4 heteroatoms. The summed E-state index contributed by atoms with van der Waals surface area (Å²) in [5, 5.41) is 11.7. The summed E-state index contributed by atoms with van der Waals surface area (Å²) in [7, 11) is 0. The number of primary amides is 1. The molecular formula is C10H17N3O. The first kappa shape index (κ1) is 10.8. The lowest BCUT2D eigenvalue weighted by atomic mass is 9.85. The van der Waals surface area contributed by atoms with Crippen molar-refractivity contribution in [2.24, 2.45) is 5.73 Å². The zero-order chi connectivity index (χ0) is 10.4. The average Bonchev–Trinajstić information content (AvgIpc) is 2.09. The minimum Gasteiger partial charge on any atom is -0.352 e. The number of nitriles is 1. The predicted molar refractivity (Wildman–Crippen MR) is 53.4 cm³/mol. The molecule has 1 aliphatic carbocycles. The molecule has 0 bridgehead atoms. The third-order valence-electron chi connectivity index (χ3n) is 2.78. The number of amides is 2. The van der Waals surface area contributed by atoms with Crippen LogP contribution in [0.4, 0.5) is 4.79 Å². The summed E-state index contributed by atoms with van der Waals surface area (Å²) in [6.45, 7) is 0. The molecule has 0 spiro atoms. The Kier molecular flexibility index (Phi) is 3.75. The third-order valence-corrected chi connectivity index (χ3v) is 2.78. The first-order valence-electron chi connectivity index (χ1n) is 5.17. The van der Waals surface area contributed by atoms with Crippen LogP contribution in [0.25, 0.3) is 0 Å². The van der Waals surface area contributed by atoms with Crippen LogP contribution >= 0.6 is 0 Å². The summed E-state index contributed by atoms with van der Waals surface area (Å²) in [4.78, 5) is 10.8. The van der Waals surface area contributed by atoms with E-state index in [2.05, 4.69) is 11.4 Å². The molecule has 0 saturated heterocycles. The summed E-state index contributed by atoms with van der Waals surface area (Å²) in [5.74, 6) is 0. The van der Waals surface area contributed by atoms with Crippen molar-refractivity contribution in [3.63, 3.8) is 0 Å². The maximum atomic E-state index is 10.8. The van der Waals surface area contributed by atoms with Gasteiger partial charge in [-0.15, -0.1) is 0 Å². The maximum absolute atomic E-state index is 10.8. The number of nitrogens with zero attached hydrogens (tertiary/aromatic N) is 1. The summed E-state index contributed by atoms with van der Waals surface area (Å²) in [5.41, 5.74) is 4.37. The van der Waals surface area contributed by atoms with Crippen molar-refractivity contribution in [2.45, 2.75) is 50.5 Å². The monoisotopic (exact) mass is 195 g/mol. The Morgan fingerprint density at radius 3 is 2.14 bits per heavy atom. The van der Waals surface area contributed by atoms with Crippen LogP contribution in [0.3, 0.4) is 0 Å². The number of nitrogens with two attached hydrogens (primary N) is 1. The van der Waals surface area contributed by atoms with Crippen molar-refractivity contribution >= 4 is 6.03 Å². The molecule has 0 aliphatic heterocycles. The predicted octanol–water partition coefficient (Wildman–Crippen LogP) is 1.66. The van der Waals surface area contributed by atoms with Crippen LogP contribution in [-0.4, -0.2) is 11.6 Å². The molecule has 0 unspecified atom stereocenters. The van der Waals surface area contributed by atoms with E-state index in [1.807, 2.05) is 0 Å². The summed E-state index contributed by atoms with van der Waals surface area (Å²) >= 11 is 0. The molecule has 3 N–H and O–H groups in total. The summed E-state index contributed by atoms with van der Waals surface area (Å²) in [6, 6.07) is 1.61.